The van der Waals surface area contributed by atoms with Crippen LogP contribution in [-0.2, 0) is 38.6 Å². The number of aryl methyl sites for hydroxylation is 1. The molecule has 2 N–H and O–H groups in total. The Morgan fingerprint density at radius 1 is 1.24 bits per heavy atom. The molecule has 1 aliphatic rings. The lowest BCUT2D eigenvalue weighted by atomic mass is 9.88. The summed E-state index contributed by atoms with van der Waals surface area (Å²) in [5.41, 5.74) is 0.832. The van der Waals surface area contributed by atoms with E-state index in [1.807, 2.05) is 44.2 Å². The number of benzene rings is 1. The van der Waals surface area contributed by atoms with Crippen LogP contribution in [0, 0.1) is 11.8 Å². The first kappa shape index (κ1) is 24.6. The van der Waals surface area contributed by atoms with Crippen LogP contribution in [0.15, 0.2) is 36.5 Å². The van der Waals surface area contributed by atoms with Gasteiger partial charge in [-0.1, -0.05) is 44.2 Å². The van der Waals surface area contributed by atoms with E-state index in [1.54, 1.807) is 6.20 Å². The smallest absolute Gasteiger partial charge is 0.408 e. The van der Waals surface area contributed by atoms with E-state index in [0.29, 0.717) is 13.0 Å². The number of carbonyl (C=O) groups is 4. The zero-order valence-corrected chi connectivity index (χ0v) is 19.7. The SMILES string of the molecule is CC(C)C(NC(=O)OCc1ccccc1)C(=O)CC1Cc2cnc(s2)CCCNC(=O)C1=O. The Hall–Kier alpha value is -3.07. The summed E-state index contributed by atoms with van der Waals surface area (Å²) in [4.78, 5) is 55.8. The van der Waals surface area contributed by atoms with Gasteiger partial charge < -0.3 is 15.4 Å². The van der Waals surface area contributed by atoms with Crippen molar-refractivity contribution < 1.29 is 23.9 Å². The molecule has 0 radical (unpaired) electrons. The van der Waals surface area contributed by atoms with Crippen LogP contribution in [0.2, 0.25) is 0 Å². The number of ether oxygens (including phenoxy) is 1. The number of ketones is 2. The molecule has 0 aliphatic carbocycles. The summed E-state index contributed by atoms with van der Waals surface area (Å²) in [6, 6.07) is 8.39. The highest BCUT2D eigenvalue weighted by Gasteiger charge is 2.33. The van der Waals surface area contributed by atoms with Crippen molar-refractivity contribution >= 4 is 34.9 Å². The molecule has 1 aromatic carbocycles. The van der Waals surface area contributed by atoms with Crippen molar-refractivity contribution in [3.63, 3.8) is 0 Å². The molecule has 33 heavy (non-hydrogen) atoms. The number of thiazole rings is 1. The number of nitrogens with zero attached hydrogens (tertiary/aromatic N) is 1. The maximum absolute atomic E-state index is 13.1. The van der Waals surface area contributed by atoms with Gasteiger partial charge in [-0.25, -0.2) is 9.78 Å². The van der Waals surface area contributed by atoms with Gasteiger partial charge in [0.05, 0.1) is 11.0 Å². The number of Topliss-reactive ketones (excluding diaryl/α,β-unsaturated/α-hetero) is 2. The zero-order valence-electron chi connectivity index (χ0n) is 18.8. The van der Waals surface area contributed by atoms with Crippen molar-refractivity contribution in [2.45, 2.75) is 52.2 Å². The molecule has 2 bridgehead atoms. The third kappa shape index (κ3) is 7.21. The number of hydrogen-bond acceptors (Lipinski definition) is 7. The fourth-order valence-corrected chi connectivity index (χ4v) is 4.70. The van der Waals surface area contributed by atoms with Crippen LogP contribution in [0.1, 0.15) is 42.1 Å². The van der Waals surface area contributed by atoms with Crippen LogP contribution in [0.3, 0.4) is 0 Å². The standard InChI is InChI=1S/C24H29N3O5S/c1-15(2)21(27-24(31)32-14-16-7-4-3-5-8-16)19(28)12-17-11-18-13-26-20(33-18)9-6-10-25-23(30)22(17)29/h3-5,7-8,13,15,17,21H,6,9-12,14H2,1-2H3,(H,25,30)(H,27,31). The minimum Gasteiger partial charge on any atom is -0.445 e. The minimum atomic E-state index is -0.834. The second-order valence-electron chi connectivity index (χ2n) is 8.44. The van der Waals surface area contributed by atoms with Crippen LogP contribution < -0.4 is 10.6 Å². The fourth-order valence-electron chi connectivity index (χ4n) is 3.65. The number of aromatic nitrogens is 1. The lowest BCUT2D eigenvalue weighted by Gasteiger charge is -2.23. The van der Waals surface area contributed by atoms with E-state index in [1.165, 1.54) is 11.3 Å². The molecule has 1 aromatic heterocycles. The maximum atomic E-state index is 13.1. The fraction of sp³-hybridized carbons (Fsp3) is 0.458. The Balaban J connectivity index is 1.66. The lowest BCUT2D eigenvalue weighted by Crippen LogP contribution is -2.46. The third-order valence-corrected chi connectivity index (χ3v) is 6.52. The molecule has 2 heterocycles. The predicted octanol–water partition coefficient (Wildman–Crippen LogP) is 2.84. The molecule has 0 saturated heterocycles. The first-order valence-electron chi connectivity index (χ1n) is 11.1. The predicted molar refractivity (Wildman–Crippen MR) is 124 cm³/mol. The van der Waals surface area contributed by atoms with Gasteiger partial charge in [0.2, 0.25) is 5.78 Å². The average molecular weight is 472 g/mol. The normalized spacial score (nSPS) is 17.6. The van der Waals surface area contributed by atoms with Crippen molar-refractivity contribution in [2.75, 3.05) is 6.54 Å². The average Bonchev–Trinajstić information content (AvgIpc) is 3.24. The van der Waals surface area contributed by atoms with Crippen LogP contribution >= 0.6 is 11.3 Å². The summed E-state index contributed by atoms with van der Waals surface area (Å²) >= 11 is 1.50. The summed E-state index contributed by atoms with van der Waals surface area (Å²) in [5, 5.41) is 6.21. The van der Waals surface area contributed by atoms with Crippen LogP contribution in [0.25, 0.3) is 0 Å². The first-order valence-corrected chi connectivity index (χ1v) is 11.9. The highest BCUT2D eigenvalue weighted by molar-refractivity contribution is 7.11. The second-order valence-corrected chi connectivity index (χ2v) is 9.64. The Bertz CT molecular complexity index is 989. The van der Waals surface area contributed by atoms with Gasteiger partial charge >= 0.3 is 6.09 Å². The lowest BCUT2D eigenvalue weighted by molar-refractivity contribution is -0.141. The number of alkyl carbamates (subject to hydrolysis) is 1. The molecule has 2 atom stereocenters. The van der Waals surface area contributed by atoms with E-state index >= 15 is 0 Å². The van der Waals surface area contributed by atoms with E-state index in [0.717, 1.165) is 21.9 Å². The summed E-state index contributed by atoms with van der Waals surface area (Å²) in [5.74, 6) is -2.63. The van der Waals surface area contributed by atoms with Gasteiger partial charge in [-0.05, 0) is 24.3 Å². The van der Waals surface area contributed by atoms with E-state index in [4.69, 9.17) is 4.74 Å². The van der Waals surface area contributed by atoms with Gasteiger partial charge in [0.25, 0.3) is 5.91 Å². The van der Waals surface area contributed by atoms with Crippen LogP contribution in [0.4, 0.5) is 4.79 Å². The monoisotopic (exact) mass is 471 g/mol. The zero-order chi connectivity index (χ0) is 23.8. The minimum absolute atomic E-state index is 0.0840. The van der Waals surface area contributed by atoms with Crippen LogP contribution in [-0.4, -0.2) is 41.1 Å². The summed E-state index contributed by atoms with van der Waals surface area (Å²) in [7, 11) is 0. The number of carbonyl (C=O) groups excluding carboxylic acids is 4. The number of amides is 2. The number of nitrogens with one attached hydrogen (secondary N) is 2. The molecule has 3 rings (SSSR count). The highest BCUT2D eigenvalue weighted by Crippen LogP contribution is 2.23. The number of fused-ring (bicyclic) bond motifs is 2. The largest absolute Gasteiger partial charge is 0.445 e. The van der Waals surface area contributed by atoms with E-state index < -0.39 is 29.7 Å². The molecule has 9 heteroatoms. The Morgan fingerprint density at radius 3 is 2.73 bits per heavy atom. The molecule has 176 valence electrons. The summed E-state index contributed by atoms with van der Waals surface area (Å²) in [6.07, 6.45) is 2.54. The molecule has 0 saturated carbocycles. The van der Waals surface area contributed by atoms with Crippen molar-refractivity contribution in [3.8, 4) is 0 Å². The quantitative estimate of drug-likeness (QED) is 0.600. The molecular weight excluding hydrogens is 442 g/mol. The molecular formula is C24H29N3O5S. The molecule has 2 aromatic rings. The van der Waals surface area contributed by atoms with Gasteiger partial charge in [0, 0.05) is 36.4 Å². The second kappa shape index (κ2) is 11.7. The highest BCUT2D eigenvalue weighted by atomic mass is 32.1. The number of hydrogen-bond donors (Lipinski definition) is 2. The Kier molecular flexibility index (Phi) is 8.71. The van der Waals surface area contributed by atoms with E-state index in [9.17, 15) is 19.2 Å². The van der Waals surface area contributed by atoms with E-state index in [2.05, 4.69) is 15.6 Å². The molecule has 0 spiro atoms. The summed E-state index contributed by atoms with van der Waals surface area (Å²) < 4.78 is 5.25. The van der Waals surface area contributed by atoms with Gasteiger partial charge in [-0.2, -0.15) is 0 Å². The van der Waals surface area contributed by atoms with Gasteiger partial charge in [-0.3, -0.25) is 14.4 Å². The molecule has 2 unspecified atom stereocenters. The maximum Gasteiger partial charge on any atom is 0.408 e. The van der Waals surface area contributed by atoms with E-state index in [-0.39, 0.29) is 31.1 Å². The molecule has 2 amide bonds. The van der Waals surface area contributed by atoms with Gasteiger partial charge in [0.15, 0.2) is 5.78 Å². The van der Waals surface area contributed by atoms with Crippen molar-refractivity contribution in [1.29, 1.82) is 0 Å². The molecule has 0 fully saturated rings. The number of rotatable bonds is 7. The van der Waals surface area contributed by atoms with Gasteiger partial charge in [0.1, 0.15) is 6.61 Å². The molecule has 8 nitrogen and oxygen atoms in total. The van der Waals surface area contributed by atoms with Crippen molar-refractivity contribution in [2.24, 2.45) is 11.8 Å². The van der Waals surface area contributed by atoms with Crippen molar-refractivity contribution in [3.05, 3.63) is 52.0 Å². The molecule has 1 aliphatic heterocycles. The van der Waals surface area contributed by atoms with Gasteiger partial charge in [-0.15, -0.1) is 11.3 Å². The topological polar surface area (TPSA) is 114 Å². The Morgan fingerprint density at radius 2 is 2.00 bits per heavy atom. The van der Waals surface area contributed by atoms with Crippen LogP contribution in [0.5, 0.6) is 0 Å². The third-order valence-electron chi connectivity index (χ3n) is 5.44. The first-order chi connectivity index (χ1) is 15.8. The Labute approximate surface area is 197 Å². The van der Waals surface area contributed by atoms with Crippen molar-refractivity contribution in [1.82, 2.24) is 15.6 Å². The summed E-state index contributed by atoms with van der Waals surface area (Å²) in [6.45, 7) is 4.08.